The minimum absolute atomic E-state index is 0.0946. The second-order valence-corrected chi connectivity index (χ2v) is 4.76. The summed E-state index contributed by atoms with van der Waals surface area (Å²) in [5.41, 5.74) is 0.351. The summed E-state index contributed by atoms with van der Waals surface area (Å²) in [6.07, 6.45) is 1.23. The zero-order valence-corrected chi connectivity index (χ0v) is 11.5. The summed E-state index contributed by atoms with van der Waals surface area (Å²) in [4.78, 5) is 16.4. The van der Waals surface area contributed by atoms with E-state index in [1.54, 1.807) is 0 Å². The Kier molecular flexibility index (Phi) is 6.09. The van der Waals surface area contributed by atoms with Crippen molar-refractivity contribution < 1.29 is 14.4 Å². The van der Waals surface area contributed by atoms with Gasteiger partial charge in [0, 0.05) is 6.42 Å². The molecule has 0 fully saturated rings. The zero-order chi connectivity index (χ0) is 12.8. The van der Waals surface area contributed by atoms with E-state index in [2.05, 4.69) is 5.16 Å². The van der Waals surface area contributed by atoms with Crippen LogP contribution in [0.25, 0.3) is 0 Å². The molecular weight excluding hydrogens is 288 g/mol. The molecule has 0 aromatic heterocycles. The molecule has 0 radical (unpaired) electrons. The molecule has 0 aromatic carbocycles. The highest BCUT2D eigenvalue weighted by Crippen LogP contribution is 2.25. The van der Waals surface area contributed by atoms with Gasteiger partial charge in [0.15, 0.2) is 0 Å². The molecule has 0 amide bonds. The summed E-state index contributed by atoms with van der Waals surface area (Å²) in [6.45, 7) is 2.39. The number of esters is 1. The van der Waals surface area contributed by atoms with Crippen molar-refractivity contribution in [2.24, 2.45) is 5.16 Å². The third-order valence-corrected chi connectivity index (χ3v) is 3.07. The molecule has 0 N–H and O–H groups in total. The van der Waals surface area contributed by atoms with Crippen LogP contribution in [-0.2, 0) is 14.4 Å². The Morgan fingerprint density at radius 3 is 2.82 bits per heavy atom. The minimum atomic E-state index is -0.761. The third-order valence-electron chi connectivity index (χ3n) is 2.09. The molecule has 1 atom stereocenters. The summed E-state index contributed by atoms with van der Waals surface area (Å²) in [5.74, 6) is -0.452. The van der Waals surface area contributed by atoms with Crippen molar-refractivity contribution in [1.82, 2.24) is 0 Å². The van der Waals surface area contributed by atoms with E-state index < -0.39 is 12.1 Å². The fraction of sp³-hybridized carbons (Fsp3) is 0.600. The predicted octanol–water partition coefficient (Wildman–Crippen LogP) is 3.36. The van der Waals surface area contributed by atoms with Crippen LogP contribution < -0.4 is 0 Å². The summed E-state index contributed by atoms with van der Waals surface area (Å²) in [5, 5.41) is 3.74. The number of hydrogen-bond acceptors (Lipinski definition) is 4. The molecule has 0 saturated carbocycles. The average Bonchev–Trinajstić information content (AvgIpc) is 2.77. The number of ether oxygens (including phenoxy) is 1. The average molecular weight is 301 g/mol. The molecule has 1 aliphatic heterocycles. The van der Waals surface area contributed by atoms with Gasteiger partial charge in [0.2, 0.25) is 6.10 Å². The van der Waals surface area contributed by atoms with E-state index in [9.17, 15) is 4.79 Å². The molecule has 1 heterocycles. The molecule has 0 saturated heterocycles. The molecular formula is C10H12Cl3NO3. The molecule has 0 aromatic rings. The van der Waals surface area contributed by atoms with Crippen LogP contribution in [0.1, 0.15) is 26.2 Å². The van der Waals surface area contributed by atoms with Crippen LogP contribution in [0.3, 0.4) is 0 Å². The number of halogens is 3. The highest BCUT2D eigenvalue weighted by molar-refractivity contribution is 6.63. The Morgan fingerprint density at radius 1 is 1.53 bits per heavy atom. The first-order valence-corrected chi connectivity index (χ1v) is 6.30. The molecule has 0 aliphatic carbocycles. The summed E-state index contributed by atoms with van der Waals surface area (Å²) >= 11 is 16.8. The summed E-state index contributed by atoms with van der Waals surface area (Å²) in [7, 11) is 0. The lowest BCUT2D eigenvalue weighted by Gasteiger charge is -2.07. The van der Waals surface area contributed by atoms with E-state index in [0.29, 0.717) is 12.3 Å². The minimum Gasteiger partial charge on any atom is -0.463 e. The smallest absolute Gasteiger partial charge is 0.350 e. The first-order valence-electron chi connectivity index (χ1n) is 5.16. The van der Waals surface area contributed by atoms with Gasteiger partial charge in [-0.05, 0) is 6.42 Å². The molecule has 17 heavy (non-hydrogen) atoms. The van der Waals surface area contributed by atoms with Gasteiger partial charge in [-0.15, -0.1) is 0 Å². The summed E-state index contributed by atoms with van der Waals surface area (Å²) < 4.78 is 4.89. The van der Waals surface area contributed by atoms with Crippen molar-refractivity contribution >= 4 is 46.5 Å². The molecule has 96 valence electrons. The SMILES string of the molecule is CCCCOC(=O)C1CC(C(Cl)=C(Cl)Cl)=NO1. The standard InChI is InChI=1S/C10H12Cl3NO3/c1-2-3-4-16-10(15)7-5-6(14-17-7)8(11)9(12)13/h7H,2-5H2,1H3. The number of nitrogens with zero attached hydrogens (tertiary/aromatic N) is 1. The first-order chi connectivity index (χ1) is 8.06. The Morgan fingerprint density at radius 2 is 2.24 bits per heavy atom. The molecule has 1 rings (SSSR count). The van der Waals surface area contributed by atoms with Gasteiger partial charge in [0.25, 0.3) is 0 Å². The quantitative estimate of drug-likeness (QED) is 0.578. The van der Waals surface area contributed by atoms with E-state index in [1.165, 1.54) is 0 Å². The van der Waals surface area contributed by atoms with E-state index >= 15 is 0 Å². The highest BCUT2D eigenvalue weighted by Gasteiger charge is 2.31. The number of allylic oxidation sites excluding steroid dienone is 1. The van der Waals surface area contributed by atoms with Crippen molar-refractivity contribution in [2.75, 3.05) is 6.61 Å². The molecule has 1 aliphatic rings. The lowest BCUT2D eigenvalue weighted by atomic mass is 10.2. The van der Waals surface area contributed by atoms with Crippen LogP contribution >= 0.6 is 34.8 Å². The van der Waals surface area contributed by atoms with Gasteiger partial charge in [-0.1, -0.05) is 53.3 Å². The Bertz CT molecular complexity index is 351. The zero-order valence-electron chi connectivity index (χ0n) is 9.21. The van der Waals surface area contributed by atoms with Crippen molar-refractivity contribution in [2.45, 2.75) is 32.3 Å². The Balaban J connectivity index is 2.43. The lowest BCUT2D eigenvalue weighted by molar-refractivity contribution is -0.155. The van der Waals surface area contributed by atoms with Crippen LogP contribution in [0.4, 0.5) is 0 Å². The number of unbranched alkanes of at least 4 members (excludes halogenated alkanes) is 1. The normalized spacial score (nSPS) is 18.4. The fourth-order valence-corrected chi connectivity index (χ4v) is 1.48. The van der Waals surface area contributed by atoms with Gasteiger partial charge in [-0.25, -0.2) is 4.79 Å². The lowest BCUT2D eigenvalue weighted by Crippen LogP contribution is -2.24. The Hall–Kier alpha value is -0.450. The maximum Gasteiger partial charge on any atom is 0.350 e. The van der Waals surface area contributed by atoms with Crippen LogP contribution in [0, 0.1) is 0 Å². The van der Waals surface area contributed by atoms with Crippen molar-refractivity contribution in [1.29, 1.82) is 0 Å². The third kappa shape index (κ3) is 4.37. The molecule has 7 heteroatoms. The second kappa shape index (κ2) is 7.09. The van der Waals surface area contributed by atoms with Gasteiger partial charge >= 0.3 is 5.97 Å². The largest absolute Gasteiger partial charge is 0.463 e. The molecule has 1 unspecified atom stereocenters. The van der Waals surface area contributed by atoms with Gasteiger partial charge in [-0.3, -0.25) is 0 Å². The number of carbonyl (C=O) groups is 1. The molecule has 0 bridgehead atoms. The van der Waals surface area contributed by atoms with E-state index in [4.69, 9.17) is 44.4 Å². The van der Waals surface area contributed by atoms with Crippen LogP contribution in [0.15, 0.2) is 14.7 Å². The Labute approximate surface area is 114 Å². The van der Waals surface area contributed by atoms with Gasteiger partial charge in [0.05, 0.1) is 11.6 Å². The van der Waals surface area contributed by atoms with Gasteiger partial charge in [0.1, 0.15) is 10.2 Å². The van der Waals surface area contributed by atoms with E-state index in [-0.39, 0.29) is 15.9 Å². The van der Waals surface area contributed by atoms with Crippen LogP contribution in [-0.4, -0.2) is 24.4 Å². The van der Waals surface area contributed by atoms with Crippen molar-refractivity contribution in [3.05, 3.63) is 9.52 Å². The summed E-state index contributed by atoms with van der Waals surface area (Å²) in [6, 6.07) is 0. The monoisotopic (exact) mass is 299 g/mol. The number of rotatable bonds is 5. The van der Waals surface area contributed by atoms with Gasteiger partial charge in [-0.2, -0.15) is 0 Å². The predicted molar refractivity (Wildman–Crippen MR) is 67.4 cm³/mol. The number of oxime groups is 1. The topological polar surface area (TPSA) is 47.9 Å². The van der Waals surface area contributed by atoms with Crippen LogP contribution in [0.5, 0.6) is 0 Å². The van der Waals surface area contributed by atoms with Crippen molar-refractivity contribution in [3.8, 4) is 0 Å². The fourth-order valence-electron chi connectivity index (χ4n) is 1.15. The van der Waals surface area contributed by atoms with Crippen LogP contribution in [0.2, 0.25) is 0 Å². The second-order valence-electron chi connectivity index (χ2n) is 3.43. The maximum atomic E-state index is 11.5. The highest BCUT2D eigenvalue weighted by atomic mass is 35.5. The van der Waals surface area contributed by atoms with Crippen molar-refractivity contribution in [3.63, 3.8) is 0 Å². The number of carbonyl (C=O) groups excluding carboxylic acids is 1. The molecule has 0 spiro atoms. The van der Waals surface area contributed by atoms with E-state index in [0.717, 1.165) is 12.8 Å². The maximum absolute atomic E-state index is 11.5. The van der Waals surface area contributed by atoms with E-state index in [1.807, 2.05) is 6.92 Å². The first kappa shape index (κ1) is 14.6. The number of hydrogen-bond donors (Lipinski definition) is 0. The van der Waals surface area contributed by atoms with Gasteiger partial charge < -0.3 is 9.57 Å². The molecule has 4 nitrogen and oxygen atoms in total.